The van der Waals surface area contributed by atoms with Gasteiger partial charge in [-0.25, -0.2) is 0 Å². The van der Waals surface area contributed by atoms with Gasteiger partial charge in [-0.3, -0.25) is 0 Å². The van der Waals surface area contributed by atoms with Crippen LogP contribution in [-0.2, 0) is 5.41 Å². The molecule has 0 bridgehead atoms. The molecule has 1 fully saturated rings. The van der Waals surface area contributed by atoms with Crippen molar-refractivity contribution < 1.29 is 0 Å². The zero-order valence-corrected chi connectivity index (χ0v) is 28.6. The number of alkyl halides is 1. The SMILES string of the molecule is CC.CC.CC.CC1CCC(Cl)CC1.CCC.CCC(C)C(C)C.Cc1csc(C(C)(C)C)c1. The fourth-order valence-electron chi connectivity index (χ4n) is 2.52. The molecule has 1 aromatic heterocycles. The highest BCUT2D eigenvalue weighted by molar-refractivity contribution is 7.10. The summed E-state index contributed by atoms with van der Waals surface area (Å²) in [6, 6.07) is 2.27. The zero-order chi connectivity index (χ0) is 28.3. The van der Waals surface area contributed by atoms with E-state index in [4.69, 9.17) is 11.6 Å². The molecule has 2 rings (SSSR count). The van der Waals surface area contributed by atoms with E-state index in [1.54, 1.807) is 0 Å². The molecule has 34 heavy (non-hydrogen) atoms. The van der Waals surface area contributed by atoms with Crippen molar-refractivity contribution in [1.29, 1.82) is 0 Å². The second kappa shape index (κ2) is 31.0. The van der Waals surface area contributed by atoms with Crippen LogP contribution in [0, 0.1) is 24.7 Å². The Kier molecular flexibility index (Phi) is 40.2. The summed E-state index contributed by atoms with van der Waals surface area (Å²) in [5.74, 6) is 2.70. The summed E-state index contributed by atoms with van der Waals surface area (Å²) in [5, 5.41) is 2.70. The number of rotatable bonds is 2. The van der Waals surface area contributed by atoms with Crippen LogP contribution in [0.25, 0.3) is 0 Å². The lowest BCUT2D eigenvalue weighted by molar-refractivity contribution is 0.390. The van der Waals surface area contributed by atoms with Crippen molar-refractivity contribution in [2.45, 2.75) is 167 Å². The molecule has 1 unspecified atom stereocenters. The second-order valence-electron chi connectivity index (χ2n) is 9.93. The number of hydrogen-bond acceptors (Lipinski definition) is 1. The Morgan fingerprint density at radius 2 is 1.26 bits per heavy atom. The smallest absolute Gasteiger partial charge is 0.0336 e. The molecule has 1 heterocycles. The van der Waals surface area contributed by atoms with Crippen LogP contribution in [-0.4, -0.2) is 5.38 Å². The Hall–Kier alpha value is -0.0100. The first-order valence-electron chi connectivity index (χ1n) is 14.6. The first-order chi connectivity index (χ1) is 15.9. The molecule has 0 spiro atoms. The molecule has 0 aliphatic heterocycles. The number of halogens is 1. The van der Waals surface area contributed by atoms with Crippen molar-refractivity contribution in [2.24, 2.45) is 17.8 Å². The lowest BCUT2D eigenvalue weighted by Gasteiger charge is -2.20. The minimum atomic E-state index is 0.332. The Morgan fingerprint density at radius 1 is 0.882 bits per heavy atom. The minimum Gasteiger partial charge on any atom is -0.148 e. The molecule has 0 nitrogen and oxygen atoms in total. The number of hydrogen-bond donors (Lipinski definition) is 0. The average molecular weight is 521 g/mol. The average Bonchev–Trinajstić information content (AvgIpc) is 3.27. The standard InChI is InChI=1S/C9H14S.C7H13Cl.C7H16.C3H8.3C2H6/c1-7-5-8(10-6-7)9(2,3)4;1-6-2-4-7(8)5-3-6;1-5-7(4)6(2)3;1-3-2;3*1-2/h5-6H,1-4H3;6-7H,2-5H2,1H3;6-7H,5H2,1-4H3;3H2,1-2H3;3*1-2H3. The molecule has 210 valence electrons. The first-order valence-corrected chi connectivity index (χ1v) is 15.9. The van der Waals surface area contributed by atoms with Gasteiger partial charge in [0.05, 0.1) is 0 Å². The lowest BCUT2D eigenvalue weighted by atomic mass is 9.91. The maximum Gasteiger partial charge on any atom is 0.0336 e. The van der Waals surface area contributed by atoms with Crippen LogP contribution < -0.4 is 0 Å². The van der Waals surface area contributed by atoms with Crippen LogP contribution in [0.4, 0.5) is 0 Å². The van der Waals surface area contributed by atoms with Gasteiger partial charge in [-0.15, -0.1) is 22.9 Å². The van der Waals surface area contributed by atoms with E-state index in [-0.39, 0.29) is 0 Å². The summed E-state index contributed by atoms with van der Waals surface area (Å²) in [5.41, 5.74) is 1.72. The number of aryl methyl sites for hydroxylation is 1. The summed E-state index contributed by atoms with van der Waals surface area (Å²) in [6.45, 7) is 36.5. The predicted octanol–water partition coefficient (Wildman–Crippen LogP) is 13.3. The van der Waals surface area contributed by atoms with Crippen molar-refractivity contribution in [3.8, 4) is 0 Å². The van der Waals surface area contributed by atoms with Crippen molar-refractivity contribution >= 4 is 22.9 Å². The molecule has 1 saturated carbocycles. The molecule has 0 aromatic carbocycles. The van der Waals surface area contributed by atoms with Crippen LogP contribution in [0.3, 0.4) is 0 Å². The summed E-state index contributed by atoms with van der Waals surface area (Å²) in [4.78, 5) is 1.48. The second-order valence-corrected chi connectivity index (χ2v) is 11.5. The van der Waals surface area contributed by atoms with Gasteiger partial charge < -0.3 is 0 Å². The lowest BCUT2D eigenvalue weighted by Crippen LogP contribution is -2.11. The van der Waals surface area contributed by atoms with Crippen LogP contribution in [0.2, 0.25) is 0 Å². The van der Waals surface area contributed by atoms with Gasteiger partial charge in [-0.2, -0.15) is 0 Å². The Bertz CT molecular complexity index is 438. The normalized spacial score (nSPS) is 17.0. The Morgan fingerprint density at radius 3 is 1.41 bits per heavy atom. The molecule has 0 N–H and O–H groups in total. The highest BCUT2D eigenvalue weighted by Gasteiger charge is 2.15. The zero-order valence-electron chi connectivity index (χ0n) is 27.0. The van der Waals surface area contributed by atoms with Crippen LogP contribution in [0.1, 0.15) is 160 Å². The van der Waals surface area contributed by atoms with Crippen LogP contribution in [0.5, 0.6) is 0 Å². The quantitative estimate of drug-likeness (QED) is 0.340. The predicted molar refractivity (Wildman–Crippen MR) is 169 cm³/mol. The first kappa shape index (κ1) is 44.0. The van der Waals surface area contributed by atoms with Gasteiger partial charge >= 0.3 is 0 Å². The monoisotopic (exact) mass is 520 g/mol. The Balaban J connectivity index is -0.000000107. The van der Waals surface area contributed by atoms with Gasteiger partial charge in [0, 0.05) is 10.3 Å². The third kappa shape index (κ3) is 32.0. The molecule has 2 heteroatoms. The van der Waals surface area contributed by atoms with Gasteiger partial charge in [-0.1, -0.05) is 124 Å². The molecule has 0 radical (unpaired) electrons. The van der Waals surface area contributed by atoms with Crippen molar-refractivity contribution in [2.75, 3.05) is 0 Å². The summed E-state index contributed by atoms with van der Waals surface area (Å²) >= 11 is 7.74. The van der Waals surface area contributed by atoms with Crippen molar-refractivity contribution in [3.63, 3.8) is 0 Å². The third-order valence-corrected chi connectivity index (χ3v) is 7.11. The van der Waals surface area contributed by atoms with E-state index in [1.807, 2.05) is 52.9 Å². The molecule has 1 atom stereocenters. The van der Waals surface area contributed by atoms with E-state index in [9.17, 15) is 0 Å². The maximum absolute atomic E-state index is 5.88. The van der Waals surface area contributed by atoms with Gasteiger partial charge in [0.25, 0.3) is 0 Å². The molecule has 0 saturated heterocycles. The Labute approximate surface area is 229 Å². The third-order valence-electron chi connectivity index (χ3n) is 5.20. The molecular formula is C32H69ClS. The van der Waals surface area contributed by atoms with Gasteiger partial charge in [0.1, 0.15) is 0 Å². The highest BCUT2D eigenvalue weighted by atomic mass is 35.5. The van der Waals surface area contributed by atoms with Gasteiger partial charge in [-0.05, 0) is 72.8 Å². The topological polar surface area (TPSA) is 0 Å². The summed E-state index contributed by atoms with van der Waals surface area (Å²) in [6.07, 6.45) is 7.73. The maximum atomic E-state index is 5.88. The molecule has 1 aromatic rings. The van der Waals surface area contributed by atoms with E-state index in [1.165, 1.54) is 49.0 Å². The molecule has 0 amide bonds. The minimum absolute atomic E-state index is 0.332. The van der Waals surface area contributed by atoms with Gasteiger partial charge in [0.2, 0.25) is 0 Å². The van der Waals surface area contributed by atoms with E-state index >= 15 is 0 Å². The molecule has 1 aliphatic rings. The van der Waals surface area contributed by atoms with Crippen LogP contribution >= 0.6 is 22.9 Å². The fourth-order valence-corrected chi connectivity index (χ4v) is 3.76. The van der Waals surface area contributed by atoms with Crippen molar-refractivity contribution in [1.82, 2.24) is 0 Å². The van der Waals surface area contributed by atoms with Gasteiger partial charge in [0.15, 0.2) is 0 Å². The van der Waals surface area contributed by atoms with Crippen molar-refractivity contribution in [3.05, 3.63) is 21.9 Å². The largest absolute Gasteiger partial charge is 0.148 e. The van der Waals surface area contributed by atoms with E-state index in [0.717, 1.165) is 17.8 Å². The molecular weight excluding hydrogens is 452 g/mol. The summed E-state index contributed by atoms with van der Waals surface area (Å²) < 4.78 is 0. The van der Waals surface area contributed by atoms with E-state index in [2.05, 4.69) is 87.6 Å². The summed E-state index contributed by atoms with van der Waals surface area (Å²) in [7, 11) is 0. The fraction of sp³-hybridized carbons (Fsp3) is 0.875. The highest BCUT2D eigenvalue weighted by Crippen LogP contribution is 2.28. The molecule has 1 aliphatic carbocycles. The number of thiophene rings is 1. The van der Waals surface area contributed by atoms with E-state index < -0.39 is 0 Å². The van der Waals surface area contributed by atoms with E-state index in [0.29, 0.717) is 10.8 Å². The van der Waals surface area contributed by atoms with Crippen LogP contribution in [0.15, 0.2) is 11.4 Å².